The van der Waals surface area contributed by atoms with E-state index in [0.717, 1.165) is 0 Å². The van der Waals surface area contributed by atoms with Crippen molar-refractivity contribution in [2.45, 2.75) is 63.9 Å². The van der Waals surface area contributed by atoms with Crippen molar-refractivity contribution in [3.63, 3.8) is 0 Å². The fourth-order valence-electron chi connectivity index (χ4n) is 4.55. The van der Waals surface area contributed by atoms with Gasteiger partial charge < -0.3 is 19.7 Å². The van der Waals surface area contributed by atoms with Crippen LogP contribution in [0.2, 0.25) is 0 Å². The van der Waals surface area contributed by atoms with Gasteiger partial charge in [0, 0.05) is 24.3 Å². The number of phenols is 2. The van der Waals surface area contributed by atoms with Crippen LogP contribution >= 0.6 is 0 Å². The standard InChI is InChI=1S/C27H28O7/c1-16-7-5-11-19(28)10-4-2-3-8-18-14-22-25(26(31)24(18)27(32)33-16)21(15-23(30)34-22)17-9-6-12-20(29)13-17/h3,6,8-9,12-14,16,21,29,31H,2,4-5,7,10-11,15H2,1H3/b8-3+/t16-,21-/m0/s1. The third kappa shape index (κ3) is 5.14. The highest BCUT2D eigenvalue weighted by Gasteiger charge is 2.35. The SMILES string of the molecule is C[C@H]1CCCC(=O)CCC/C=C/c2cc3c(c(O)c2C(=O)O1)[C@H](c1cccc(O)c1)CC(=O)O3. The fraction of sp³-hybridized carbons (Fsp3) is 0.370. The number of allylic oxidation sites excluding steroid dienone is 1. The average Bonchev–Trinajstić information content (AvgIpc) is 2.77. The lowest BCUT2D eigenvalue weighted by Crippen LogP contribution is -2.23. The second-order valence-electron chi connectivity index (χ2n) is 8.87. The van der Waals surface area contributed by atoms with E-state index in [2.05, 4.69) is 0 Å². The quantitative estimate of drug-likeness (QED) is 0.450. The number of benzene rings is 2. The molecular formula is C27H28O7. The maximum atomic E-state index is 13.2. The molecule has 0 fully saturated rings. The van der Waals surface area contributed by atoms with Gasteiger partial charge in [-0.3, -0.25) is 9.59 Å². The first-order valence-electron chi connectivity index (χ1n) is 11.6. The normalized spacial score (nSPS) is 22.6. The maximum absolute atomic E-state index is 13.2. The van der Waals surface area contributed by atoms with Gasteiger partial charge in [0.05, 0.1) is 12.5 Å². The van der Waals surface area contributed by atoms with E-state index in [1.807, 2.05) is 6.08 Å². The predicted octanol–water partition coefficient (Wildman–Crippen LogP) is 5.02. The highest BCUT2D eigenvalue weighted by atomic mass is 16.5. The second-order valence-corrected chi connectivity index (χ2v) is 8.87. The molecule has 2 aromatic carbocycles. The Morgan fingerprint density at radius 3 is 2.62 bits per heavy atom. The van der Waals surface area contributed by atoms with E-state index >= 15 is 0 Å². The summed E-state index contributed by atoms with van der Waals surface area (Å²) in [6.45, 7) is 1.76. The molecule has 0 aliphatic carbocycles. The van der Waals surface area contributed by atoms with Gasteiger partial charge in [-0.1, -0.05) is 24.3 Å². The van der Waals surface area contributed by atoms with Gasteiger partial charge in [0.1, 0.15) is 28.6 Å². The number of ether oxygens (including phenoxy) is 2. The highest BCUT2D eigenvalue weighted by molar-refractivity contribution is 5.98. The minimum absolute atomic E-state index is 0.0121. The van der Waals surface area contributed by atoms with Crippen LogP contribution < -0.4 is 4.74 Å². The Morgan fingerprint density at radius 1 is 1.03 bits per heavy atom. The van der Waals surface area contributed by atoms with Crippen LogP contribution in [0.15, 0.2) is 36.4 Å². The van der Waals surface area contributed by atoms with Crippen molar-refractivity contribution in [1.82, 2.24) is 0 Å². The molecule has 2 atom stereocenters. The van der Waals surface area contributed by atoms with Gasteiger partial charge in [0.2, 0.25) is 0 Å². The molecule has 7 heteroatoms. The second kappa shape index (κ2) is 10.1. The van der Waals surface area contributed by atoms with Crippen LogP contribution in [0.25, 0.3) is 6.08 Å². The Hall–Kier alpha value is -3.61. The first-order valence-corrected chi connectivity index (χ1v) is 11.6. The minimum atomic E-state index is -0.678. The van der Waals surface area contributed by atoms with E-state index in [-0.39, 0.29) is 35.0 Å². The van der Waals surface area contributed by atoms with Crippen LogP contribution in [0.1, 0.15) is 84.8 Å². The Morgan fingerprint density at radius 2 is 1.82 bits per heavy atom. The number of esters is 2. The van der Waals surface area contributed by atoms with E-state index < -0.39 is 24.0 Å². The molecule has 4 rings (SSSR count). The van der Waals surface area contributed by atoms with Gasteiger partial charge in [0.25, 0.3) is 0 Å². The van der Waals surface area contributed by atoms with Crippen LogP contribution in [-0.2, 0) is 14.3 Å². The van der Waals surface area contributed by atoms with Crippen LogP contribution in [0, 0.1) is 0 Å². The zero-order valence-corrected chi connectivity index (χ0v) is 19.1. The van der Waals surface area contributed by atoms with Gasteiger partial charge in [-0.2, -0.15) is 0 Å². The predicted molar refractivity (Wildman–Crippen MR) is 125 cm³/mol. The summed E-state index contributed by atoms with van der Waals surface area (Å²) in [7, 11) is 0. The highest BCUT2D eigenvalue weighted by Crippen LogP contribution is 2.47. The molecule has 0 saturated carbocycles. The van der Waals surface area contributed by atoms with Gasteiger partial charge in [-0.15, -0.1) is 0 Å². The molecule has 0 unspecified atom stereocenters. The number of rotatable bonds is 1. The molecule has 2 aliphatic heterocycles. The number of aromatic hydroxyl groups is 2. The van der Waals surface area contributed by atoms with Crippen LogP contribution in [0.3, 0.4) is 0 Å². The molecular weight excluding hydrogens is 436 g/mol. The molecule has 2 heterocycles. The number of cyclic esters (lactones) is 1. The van der Waals surface area contributed by atoms with E-state index in [0.29, 0.717) is 55.2 Å². The summed E-state index contributed by atoms with van der Waals surface area (Å²) in [6, 6.07) is 8.02. The lowest BCUT2D eigenvalue weighted by Gasteiger charge is -2.27. The monoisotopic (exact) mass is 464 g/mol. The van der Waals surface area contributed by atoms with Crippen molar-refractivity contribution in [3.05, 3.63) is 58.7 Å². The van der Waals surface area contributed by atoms with Gasteiger partial charge >= 0.3 is 11.9 Å². The molecule has 0 amide bonds. The topological polar surface area (TPSA) is 110 Å². The molecule has 34 heavy (non-hydrogen) atoms. The van der Waals surface area contributed by atoms with Crippen molar-refractivity contribution in [2.75, 3.05) is 0 Å². The van der Waals surface area contributed by atoms with E-state index in [1.165, 1.54) is 12.1 Å². The first kappa shape index (κ1) is 23.5. The van der Waals surface area contributed by atoms with Crippen molar-refractivity contribution in [2.24, 2.45) is 0 Å². The van der Waals surface area contributed by atoms with Gasteiger partial charge in [-0.25, -0.2) is 4.79 Å². The molecule has 2 N–H and O–H groups in total. The first-order chi connectivity index (χ1) is 16.3. The summed E-state index contributed by atoms with van der Waals surface area (Å²) in [4.78, 5) is 37.6. The molecule has 2 aromatic rings. The number of carbonyl (C=O) groups is 3. The molecule has 0 bridgehead atoms. The summed E-state index contributed by atoms with van der Waals surface area (Å²) in [5.41, 5.74) is 1.32. The maximum Gasteiger partial charge on any atom is 0.342 e. The molecule has 178 valence electrons. The van der Waals surface area contributed by atoms with Crippen molar-refractivity contribution >= 4 is 23.8 Å². The summed E-state index contributed by atoms with van der Waals surface area (Å²) in [5, 5.41) is 21.3. The van der Waals surface area contributed by atoms with E-state index in [4.69, 9.17) is 9.47 Å². The van der Waals surface area contributed by atoms with Crippen molar-refractivity contribution in [3.8, 4) is 17.2 Å². The smallest absolute Gasteiger partial charge is 0.342 e. The van der Waals surface area contributed by atoms with Crippen molar-refractivity contribution < 1.29 is 34.1 Å². The average molecular weight is 465 g/mol. The third-order valence-corrected chi connectivity index (χ3v) is 6.25. The molecule has 0 saturated heterocycles. The summed E-state index contributed by atoms with van der Waals surface area (Å²) in [5.74, 6) is -1.64. The third-order valence-electron chi connectivity index (χ3n) is 6.25. The van der Waals surface area contributed by atoms with E-state index in [1.54, 1.807) is 31.2 Å². The Labute approximate surface area is 198 Å². The van der Waals surface area contributed by atoms with Gasteiger partial charge in [-0.05, 0) is 61.9 Å². The molecule has 2 aliphatic rings. The summed E-state index contributed by atoms with van der Waals surface area (Å²) in [6.07, 6.45) is 6.46. The molecule has 0 aromatic heterocycles. The molecule has 0 spiro atoms. The number of Topliss-reactive ketones (excluding diaryl/α,β-unsaturated/α-hetero) is 1. The number of phenolic OH excluding ortho intramolecular Hbond substituents is 2. The van der Waals surface area contributed by atoms with Crippen LogP contribution in [0.4, 0.5) is 0 Å². The molecule has 0 radical (unpaired) electrons. The van der Waals surface area contributed by atoms with Crippen molar-refractivity contribution in [1.29, 1.82) is 0 Å². The van der Waals surface area contributed by atoms with Gasteiger partial charge in [0.15, 0.2) is 0 Å². The Kier molecular flexibility index (Phi) is 7.01. The van der Waals surface area contributed by atoms with E-state index in [9.17, 15) is 24.6 Å². The largest absolute Gasteiger partial charge is 0.508 e. The number of carbonyl (C=O) groups excluding carboxylic acids is 3. The lowest BCUT2D eigenvalue weighted by molar-refractivity contribution is -0.135. The zero-order chi connectivity index (χ0) is 24.2. The number of hydrogen-bond donors (Lipinski definition) is 2. The number of hydrogen-bond acceptors (Lipinski definition) is 7. The van der Waals surface area contributed by atoms with Crippen LogP contribution in [-0.4, -0.2) is 34.0 Å². The Bertz CT molecular complexity index is 1150. The zero-order valence-electron chi connectivity index (χ0n) is 19.1. The molecule has 7 nitrogen and oxygen atoms in total. The number of fused-ring (bicyclic) bond motifs is 2. The number of ketones is 1. The Balaban J connectivity index is 1.82. The minimum Gasteiger partial charge on any atom is -0.508 e. The van der Waals surface area contributed by atoms with Crippen LogP contribution in [0.5, 0.6) is 17.2 Å². The fourth-order valence-corrected chi connectivity index (χ4v) is 4.55. The lowest BCUT2D eigenvalue weighted by atomic mass is 9.83. The summed E-state index contributed by atoms with van der Waals surface area (Å²) >= 11 is 0. The summed E-state index contributed by atoms with van der Waals surface area (Å²) < 4.78 is 11.1.